The van der Waals surface area contributed by atoms with Gasteiger partial charge in [-0.3, -0.25) is 0 Å². The summed E-state index contributed by atoms with van der Waals surface area (Å²) in [6, 6.07) is 4.36. The standard InChI is InChI=1S/C9H5F3N4O2/c10-9(11,12)18-8-3-1-7(2-4-8)16(14-5-13)15-6-17/h1-4,14H. The lowest BCUT2D eigenvalue weighted by Gasteiger charge is -2.14. The molecule has 1 aromatic carbocycles. The van der Waals surface area contributed by atoms with E-state index >= 15 is 0 Å². The molecule has 0 radical (unpaired) electrons. The molecule has 0 fully saturated rings. The number of nitriles is 1. The summed E-state index contributed by atoms with van der Waals surface area (Å²) >= 11 is 0. The zero-order chi connectivity index (χ0) is 13.6. The molecule has 0 unspecified atom stereocenters. The number of hydrogen-bond donors (Lipinski definition) is 1. The summed E-state index contributed by atoms with van der Waals surface area (Å²) in [6.07, 6.45) is -2.11. The van der Waals surface area contributed by atoms with Crippen LogP contribution in [0.1, 0.15) is 0 Å². The van der Waals surface area contributed by atoms with Crippen LogP contribution in [0.5, 0.6) is 5.75 Å². The van der Waals surface area contributed by atoms with Crippen LogP contribution in [-0.4, -0.2) is 12.4 Å². The third-order valence-corrected chi connectivity index (χ3v) is 1.61. The molecule has 0 aliphatic heterocycles. The number of carbonyl (C=O) groups excluding carboxylic acids is 1. The first-order valence-corrected chi connectivity index (χ1v) is 4.35. The van der Waals surface area contributed by atoms with E-state index in [1.165, 1.54) is 24.4 Å². The van der Waals surface area contributed by atoms with E-state index < -0.39 is 12.1 Å². The Hall–Kier alpha value is -2.72. The van der Waals surface area contributed by atoms with E-state index in [0.717, 1.165) is 17.3 Å². The molecule has 0 aromatic heterocycles. The topological polar surface area (TPSA) is 77.7 Å². The number of nitrogens with zero attached hydrogens (tertiary/aromatic N) is 3. The van der Waals surface area contributed by atoms with Crippen LogP contribution in [0, 0.1) is 11.5 Å². The Bertz CT molecular complexity index is 488. The molecular formula is C9H5F3N4O2. The molecule has 6 nitrogen and oxygen atoms in total. The molecule has 0 aliphatic carbocycles. The lowest BCUT2D eigenvalue weighted by Crippen LogP contribution is -2.28. The van der Waals surface area contributed by atoms with Gasteiger partial charge in [0.15, 0.2) is 6.19 Å². The Morgan fingerprint density at radius 3 is 2.39 bits per heavy atom. The summed E-state index contributed by atoms with van der Waals surface area (Å²) in [4.78, 5) is 10.1. The first kappa shape index (κ1) is 13.3. The van der Waals surface area contributed by atoms with Crippen molar-refractivity contribution in [1.82, 2.24) is 5.43 Å². The summed E-state index contributed by atoms with van der Waals surface area (Å²) in [5.74, 6) is -0.432. The third kappa shape index (κ3) is 4.03. The fourth-order valence-electron chi connectivity index (χ4n) is 1.02. The maximum absolute atomic E-state index is 11.9. The number of isocyanates is 1. The normalized spacial score (nSPS) is 9.89. The molecule has 9 heteroatoms. The van der Waals surface area contributed by atoms with E-state index in [9.17, 15) is 18.0 Å². The Labute approximate surface area is 98.8 Å². The predicted molar refractivity (Wildman–Crippen MR) is 52.5 cm³/mol. The molecule has 1 rings (SSSR count). The van der Waals surface area contributed by atoms with Crippen LogP contribution >= 0.6 is 0 Å². The Morgan fingerprint density at radius 2 is 1.94 bits per heavy atom. The zero-order valence-corrected chi connectivity index (χ0v) is 8.60. The quantitative estimate of drug-likeness (QED) is 0.292. The predicted octanol–water partition coefficient (Wildman–Crippen LogP) is 1.63. The van der Waals surface area contributed by atoms with Crippen molar-refractivity contribution in [1.29, 1.82) is 5.26 Å². The number of ether oxygens (including phenoxy) is 1. The minimum atomic E-state index is -4.78. The van der Waals surface area contributed by atoms with E-state index in [4.69, 9.17) is 5.26 Å². The van der Waals surface area contributed by atoms with Gasteiger partial charge in [0.25, 0.3) is 6.08 Å². The van der Waals surface area contributed by atoms with Crippen LogP contribution in [0.3, 0.4) is 0 Å². The maximum Gasteiger partial charge on any atom is 0.573 e. The first-order valence-electron chi connectivity index (χ1n) is 4.35. The van der Waals surface area contributed by atoms with Gasteiger partial charge in [-0.25, -0.2) is 10.2 Å². The molecule has 1 N–H and O–H groups in total. The van der Waals surface area contributed by atoms with Crippen molar-refractivity contribution in [3.8, 4) is 11.9 Å². The molecule has 0 saturated carbocycles. The average Bonchev–Trinajstić information content (AvgIpc) is 2.28. The lowest BCUT2D eigenvalue weighted by atomic mass is 10.3. The summed E-state index contributed by atoms with van der Waals surface area (Å²) < 4.78 is 39.3. The fraction of sp³-hybridized carbons (Fsp3) is 0.111. The van der Waals surface area contributed by atoms with Gasteiger partial charge in [0.2, 0.25) is 0 Å². The van der Waals surface area contributed by atoms with E-state index in [-0.39, 0.29) is 5.69 Å². The largest absolute Gasteiger partial charge is 0.573 e. The molecule has 0 bridgehead atoms. The number of hydrazine groups is 1. The summed E-state index contributed by atoms with van der Waals surface area (Å²) in [6.45, 7) is 0. The first-order chi connectivity index (χ1) is 8.46. The monoisotopic (exact) mass is 258 g/mol. The Balaban J connectivity index is 2.87. The molecule has 0 amide bonds. The van der Waals surface area contributed by atoms with Gasteiger partial charge in [-0.2, -0.15) is 10.4 Å². The highest BCUT2D eigenvalue weighted by Crippen LogP contribution is 2.24. The Morgan fingerprint density at radius 1 is 1.33 bits per heavy atom. The van der Waals surface area contributed by atoms with Gasteiger partial charge in [-0.05, 0) is 24.3 Å². The van der Waals surface area contributed by atoms with Crippen LogP contribution in [0.15, 0.2) is 29.4 Å². The number of benzene rings is 1. The lowest BCUT2D eigenvalue weighted by molar-refractivity contribution is -0.274. The minimum absolute atomic E-state index is 0.162. The smallest absolute Gasteiger partial charge is 0.406 e. The average molecular weight is 258 g/mol. The SMILES string of the molecule is N#CNN(N=C=O)c1ccc(OC(F)(F)F)cc1. The number of rotatable bonds is 4. The van der Waals surface area contributed by atoms with Crippen molar-refractivity contribution in [2.24, 2.45) is 5.10 Å². The maximum atomic E-state index is 11.9. The van der Waals surface area contributed by atoms with Crippen molar-refractivity contribution < 1.29 is 22.7 Å². The van der Waals surface area contributed by atoms with E-state index in [1.807, 2.05) is 5.43 Å². The molecule has 18 heavy (non-hydrogen) atoms. The van der Waals surface area contributed by atoms with Gasteiger partial charge in [-0.15, -0.1) is 13.2 Å². The summed E-state index contributed by atoms with van der Waals surface area (Å²) in [5.41, 5.74) is 2.18. The molecule has 0 spiro atoms. The number of hydrazone groups is 1. The van der Waals surface area contributed by atoms with Crippen LogP contribution in [0.4, 0.5) is 18.9 Å². The van der Waals surface area contributed by atoms with Gasteiger partial charge >= 0.3 is 6.36 Å². The number of nitrogens with one attached hydrogen (secondary N) is 1. The van der Waals surface area contributed by atoms with Crippen molar-refractivity contribution in [2.45, 2.75) is 6.36 Å². The van der Waals surface area contributed by atoms with Crippen LogP contribution in [0.25, 0.3) is 0 Å². The van der Waals surface area contributed by atoms with Crippen LogP contribution < -0.4 is 15.3 Å². The second-order valence-electron chi connectivity index (χ2n) is 2.77. The van der Waals surface area contributed by atoms with Crippen molar-refractivity contribution in [3.05, 3.63) is 24.3 Å². The zero-order valence-electron chi connectivity index (χ0n) is 8.60. The number of anilines is 1. The summed E-state index contributed by atoms with van der Waals surface area (Å²) in [5, 5.41) is 12.2. The number of hydrogen-bond acceptors (Lipinski definition) is 6. The van der Waals surface area contributed by atoms with Gasteiger partial charge < -0.3 is 4.74 Å². The summed E-state index contributed by atoms with van der Waals surface area (Å²) in [7, 11) is 0. The molecule has 94 valence electrons. The molecule has 0 aliphatic rings. The van der Waals surface area contributed by atoms with E-state index in [0.29, 0.717) is 0 Å². The molecule has 0 saturated heterocycles. The van der Waals surface area contributed by atoms with Crippen LogP contribution in [-0.2, 0) is 4.79 Å². The minimum Gasteiger partial charge on any atom is -0.406 e. The molecule has 0 atom stereocenters. The second-order valence-corrected chi connectivity index (χ2v) is 2.77. The fourth-order valence-corrected chi connectivity index (χ4v) is 1.02. The van der Waals surface area contributed by atoms with Gasteiger partial charge in [0, 0.05) is 0 Å². The van der Waals surface area contributed by atoms with Gasteiger partial charge in [0.1, 0.15) is 5.75 Å². The molecular weight excluding hydrogens is 253 g/mol. The van der Waals surface area contributed by atoms with E-state index in [1.54, 1.807) is 0 Å². The van der Waals surface area contributed by atoms with Gasteiger partial charge in [0.05, 0.1) is 5.69 Å². The molecule has 0 heterocycles. The van der Waals surface area contributed by atoms with Crippen molar-refractivity contribution in [3.63, 3.8) is 0 Å². The van der Waals surface area contributed by atoms with Crippen LogP contribution in [0.2, 0.25) is 0 Å². The van der Waals surface area contributed by atoms with Gasteiger partial charge in [-0.1, -0.05) is 5.10 Å². The second kappa shape index (κ2) is 5.56. The van der Waals surface area contributed by atoms with E-state index in [2.05, 4.69) is 9.84 Å². The van der Waals surface area contributed by atoms with Crippen molar-refractivity contribution in [2.75, 3.05) is 5.12 Å². The molecule has 1 aromatic rings. The Kier molecular flexibility index (Phi) is 4.12. The third-order valence-electron chi connectivity index (χ3n) is 1.61. The van der Waals surface area contributed by atoms with Crippen molar-refractivity contribution >= 4 is 11.8 Å². The highest BCUT2D eigenvalue weighted by Gasteiger charge is 2.31. The highest BCUT2D eigenvalue weighted by atomic mass is 19.4. The number of alkyl halides is 3. The number of halogens is 3. The highest BCUT2D eigenvalue weighted by molar-refractivity contribution is 5.50.